The van der Waals surface area contributed by atoms with Crippen molar-refractivity contribution in [1.29, 1.82) is 0 Å². The number of nitrogens with zero attached hydrogens (tertiary/aromatic N) is 2. The van der Waals surface area contributed by atoms with Crippen LogP contribution in [0.2, 0.25) is 5.02 Å². The van der Waals surface area contributed by atoms with Crippen LogP contribution in [0.25, 0.3) is 5.69 Å². The van der Waals surface area contributed by atoms with E-state index in [9.17, 15) is 14.4 Å². The van der Waals surface area contributed by atoms with E-state index < -0.39 is 17.0 Å². The highest BCUT2D eigenvalue weighted by Crippen LogP contribution is 2.21. The summed E-state index contributed by atoms with van der Waals surface area (Å²) >= 11 is 5.96. The molecule has 1 N–H and O–H groups in total. The molecule has 0 saturated carbocycles. The summed E-state index contributed by atoms with van der Waals surface area (Å²) in [5.41, 5.74) is 0.262. The van der Waals surface area contributed by atoms with Crippen molar-refractivity contribution in [2.75, 3.05) is 11.9 Å². The summed E-state index contributed by atoms with van der Waals surface area (Å²) in [5.74, 6) is 0.0488. The van der Waals surface area contributed by atoms with Crippen LogP contribution in [0.5, 0.6) is 5.75 Å². The molecule has 29 heavy (non-hydrogen) atoms. The topological polar surface area (TPSA) is 82.3 Å². The molecular weight excluding hydrogens is 394 g/mol. The number of ether oxygens (including phenoxy) is 1. The Morgan fingerprint density at radius 2 is 1.86 bits per heavy atom. The molecule has 0 aliphatic carbocycles. The molecule has 1 aromatic heterocycles. The molecule has 1 amide bonds. The molecular formula is C21H20ClN3O4. The number of aromatic nitrogens is 2. The number of aryl methyl sites for hydroxylation is 1. The standard InChI is InChI=1S/C21H20ClN3O4/c1-3-29-18-7-5-4-6-17(18)25-11-10-24(20(27)21(25)28)13-19(26)23-16-12-15(22)9-8-14(16)2/h4-12H,3,13H2,1-2H3,(H,23,26). The van der Waals surface area contributed by atoms with E-state index in [0.717, 1.165) is 10.1 Å². The van der Waals surface area contributed by atoms with Crippen LogP contribution in [0.1, 0.15) is 12.5 Å². The fourth-order valence-corrected chi connectivity index (χ4v) is 3.00. The Hall–Kier alpha value is -3.32. The summed E-state index contributed by atoms with van der Waals surface area (Å²) < 4.78 is 7.80. The third kappa shape index (κ3) is 4.57. The van der Waals surface area contributed by atoms with E-state index in [0.29, 0.717) is 28.8 Å². The summed E-state index contributed by atoms with van der Waals surface area (Å²) in [4.78, 5) is 37.5. The molecule has 2 aromatic carbocycles. The Morgan fingerprint density at radius 1 is 1.10 bits per heavy atom. The lowest BCUT2D eigenvalue weighted by molar-refractivity contribution is -0.116. The van der Waals surface area contributed by atoms with Crippen molar-refractivity contribution in [3.8, 4) is 11.4 Å². The largest absolute Gasteiger partial charge is 0.492 e. The molecule has 0 unspecified atom stereocenters. The van der Waals surface area contributed by atoms with Crippen molar-refractivity contribution in [3.63, 3.8) is 0 Å². The molecule has 7 nitrogen and oxygen atoms in total. The second-order valence-corrected chi connectivity index (χ2v) is 6.75. The van der Waals surface area contributed by atoms with Crippen LogP contribution >= 0.6 is 11.6 Å². The normalized spacial score (nSPS) is 10.6. The Kier molecular flexibility index (Phi) is 6.19. The Labute approximate surface area is 172 Å². The van der Waals surface area contributed by atoms with Gasteiger partial charge in [-0.05, 0) is 43.7 Å². The fourth-order valence-electron chi connectivity index (χ4n) is 2.83. The van der Waals surface area contributed by atoms with Crippen molar-refractivity contribution in [2.24, 2.45) is 0 Å². The van der Waals surface area contributed by atoms with Gasteiger partial charge in [0.15, 0.2) is 0 Å². The Morgan fingerprint density at radius 3 is 2.62 bits per heavy atom. The summed E-state index contributed by atoms with van der Waals surface area (Å²) in [6, 6.07) is 12.1. The van der Waals surface area contributed by atoms with E-state index in [-0.39, 0.29) is 6.54 Å². The maximum atomic E-state index is 12.6. The zero-order valence-electron chi connectivity index (χ0n) is 16.0. The lowest BCUT2D eigenvalue weighted by atomic mass is 10.2. The number of benzene rings is 2. The maximum absolute atomic E-state index is 12.6. The number of para-hydroxylation sites is 2. The number of amides is 1. The molecule has 0 radical (unpaired) electrons. The predicted molar refractivity (Wildman–Crippen MR) is 112 cm³/mol. The van der Waals surface area contributed by atoms with E-state index in [2.05, 4.69) is 5.32 Å². The first kappa shape index (κ1) is 20.4. The van der Waals surface area contributed by atoms with Crippen LogP contribution in [-0.2, 0) is 11.3 Å². The number of rotatable bonds is 6. The smallest absolute Gasteiger partial charge is 0.321 e. The molecule has 0 spiro atoms. The number of anilines is 1. The molecule has 3 aromatic rings. The van der Waals surface area contributed by atoms with Gasteiger partial charge in [0.05, 0.1) is 12.3 Å². The van der Waals surface area contributed by atoms with Gasteiger partial charge in [-0.1, -0.05) is 29.8 Å². The number of carbonyl (C=O) groups excluding carboxylic acids is 1. The van der Waals surface area contributed by atoms with E-state index >= 15 is 0 Å². The lowest BCUT2D eigenvalue weighted by Crippen LogP contribution is -2.41. The highest BCUT2D eigenvalue weighted by molar-refractivity contribution is 6.31. The summed E-state index contributed by atoms with van der Waals surface area (Å²) in [7, 11) is 0. The van der Waals surface area contributed by atoms with Gasteiger partial charge in [0.1, 0.15) is 12.3 Å². The zero-order valence-corrected chi connectivity index (χ0v) is 16.8. The van der Waals surface area contributed by atoms with E-state index in [1.807, 2.05) is 13.8 Å². The molecule has 1 heterocycles. The highest BCUT2D eigenvalue weighted by Gasteiger charge is 2.13. The van der Waals surface area contributed by atoms with E-state index in [1.54, 1.807) is 42.5 Å². The maximum Gasteiger partial charge on any atom is 0.321 e. The van der Waals surface area contributed by atoms with Gasteiger partial charge in [0.2, 0.25) is 5.91 Å². The van der Waals surface area contributed by atoms with Crippen LogP contribution < -0.4 is 21.2 Å². The Balaban J connectivity index is 1.87. The molecule has 0 bridgehead atoms. The van der Waals surface area contributed by atoms with Crippen molar-refractivity contribution in [1.82, 2.24) is 9.13 Å². The second kappa shape index (κ2) is 8.79. The third-order valence-electron chi connectivity index (χ3n) is 4.27. The summed E-state index contributed by atoms with van der Waals surface area (Å²) in [6.07, 6.45) is 2.84. The first-order valence-corrected chi connectivity index (χ1v) is 9.38. The van der Waals surface area contributed by atoms with Gasteiger partial charge in [0.25, 0.3) is 0 Å². The SMILES string of the molecule is CCOc1ccccc1-n1ccn(CC(=O)Nc2cc(Cl)ccc2C)c(=O)c1=O. The van der Waals surface area contributed by atoms with E-state index in [4.69, 9.17) is 16.3 Å². The quantitative estimate of drug-likeness (QED) is 0.630. The van der Waals surface area contributed by atoms with Crippen molar-refractivity contribution >= 4 is 23.2 Å². The van der Waals surface area contributed by atoms with Gasteiger partial charge in [-0.25, -0.2) is 0 Å². The lowest BCUT2D eigenvalue weighted by Gasteiger charge is -2.13. The summed E-state index contributed by atoms with van der Waals surface area (Å²) in [5, 5.41) is 3.19. The van der Waals surface area contributed by atoms with Gasteiger partial charge in [0, 0.05) is 23.1 Å². The number of hydrogen-bond acceptors (Lipinski definition) is 4. The van der Waals surface area contributed by atoms with Gasteiger partial charge >= 0.3 is 11.1 Å². The highest BCUT2D eigenvalue weighted by atomic mass is 35.5. The molecule has 3 rings (SSSR count). The fraction of sp³-hybridized carbons (Fsp3) is 0.190. The van der Waals surface area contributed by atoms with Crippen molar-refractivity contribution in [2.45, 2.75) is 20.4 Å². The van der Waals surface area contributed by atoms with Crippen LogP contribution in [0.3, 0.4) is 0 Å². The average molecular weight is 414 g/mol. The number of nitrogens with one attached hydrogen (secondary N) is 1. The second-order valence-electron chi connectivity index (χ2n) is 6.31. The van der Waals surface area contributed by atoms with Crippen molar-refractivity contribution in [3.05, 3.63) is 86.2 Å². The first-order chi connectivity index (χ1) is 13.9. The van der Waals surface area contributed by atoms with Gasteiger partial charge < -0.3 is 10.1 Å². The minimum atomic E-state index is -0.809. The molecule has 0 saturated heterocycles. The average Bonchev–Trinajstić information content (AvgIpc) is 2.69. The number of halogens is 1. The monoisotopic (exact) mass is 413 g/mol. The van der Waals surface area contributed by atoms with Gasteiger partial charge in [-0.3, -0.25) is 23.5 Å². The van der Waals surface area contributed by atoms with Crippen LogP contribution in [0.4, 0.5) is 5.69 Å². The minimum Gasteiger partial charge on any atom is -0.492 e. The molecule has 0 aliphatic rings. The Bertz CT molecular complexity index is 1170. The van der Waals surface area contributed by atoms with Crippen LogP contribution in [-0.4, -0.2) is 21.6 Å². The van der Waals surface area contributed by atoms with E-state index in [1.165, 1.54) is 17.0 Å². The molecule has 0 atom stereocenters. The molecule has 8 heteroatoms. The van der Waals surface area contributed by atoms with Crippen LogP contribution in [0.15, 0.2) is 64.4 Å². The third-order valence-corrected chi connectivity index (χ3v) is 4.51. The zero-order chi connectivity index (χ0) is 21.0. The first-order valence-electron chi connectivity index (χ1n) is 9.01. The van der Waals surface area contributed by atoms with Gasteiger partial charge in [-0.2, -0.15) is 0 Å². The summed E-state index contributed by atoms with van der Waals surface area (Å²) in [6.45, 7) is 3.78. The minimum absolute atomic E-state index is 0.298. The number of hydrogen-bond donors (Lipinski definition) is 1. The van der Waals surface area contributed by atoms with Crippen molar-refractivity contribution < 1.29 is 9.53 Å². The van der Waals surface area contributed by atoms with Gasteiger partial charge in [-0.15, -0.1) is 0 Å². The molecule has 0 aliphatic heterocycles. The number of carbonyl (C=O) groups is 1. The molecule has 0 fully saturated rings. The van der Waals surface area contributed by atoms with Crippen LogP contribution in [0, 0.1) is 6.92 Å². The molecule has 150 valence electrons. The predicted octanol–water partition coefficient (Wildman–Crippen LogP) is 3.00.